The number of carboxylic acids is 1. The van der Waals surface area contributed by atoms with Crippen LogP contribution in [0.15, 0.2) is 84.9 Å². The number of hydrogen-bond donors (Lipinski definition) is 2. The molecule has 3 rings (SSSR count). The molecule has 170 valence electrons. The van der Waals surface area contributed by atoms with Crippen LogP contribution in [0.3, 0.4) is 0 Å². The Morgan fingerprint density at radius 3 is 2.00 bits per heavy atom. The van der Waals surface area contributed by atoms with E-state index in [-0.39, 0.29) is 25.9 Å². The van der Waals surface area contributed by atoms with Crippen molar-refractivity contribution >= 4 is 17.8 Å². The maximum atomic E-state index is 12.4. The van der Waals surface area contributed by atoms with Gasteiger partial charge in [0.05, 0.1) is 12.8 Å². The van der Waals surface area contributed by atoms with Gasteiger partial charge in [0, 0.05) is 12.5 Å². The molecule has 6 heteroatoms. The summed E-state index contributed by atoms with van der Waals surface area (Å²) in [7, 11) is 0. The molecule has 0 aromatic heterocycles. The highest BCUT2D eigenvalue weighted by atomic mass is 16.5. The molecular formula is C27H27NO5. The van der Waals surface area contributed by atoms with Crippen molar-refractivity contribution in [3.63, 3.8) is 0 Å². The summed E-state index contributed by atoms with van der Waals surface area (Å²) >= 11 is 0. The molecule has 0 heterocycles. The lowest BCUT2D eigenvalue weighted by Crippen LogP contribution is -2.38. The van der Waals surface area contributed by atoms with Gasteiger partial charge in [0.15, 0.2) is 0 Å². The summed E-state index contributed by atoms with van der Waals surface area (Å²) in [5.74, 6) is -1.87. The van der Waals surface area contributed by atoms with Crippen molar-refractivity contribution in [2.75, 3.05) is 0 Å². The van der Waals surface area contributed by atoms with E-state index in [2.05, 4.69) is 5.32 Å². The first-order valence-corrected chi connectivity index (χ1v) is 10.8. The van der Waals surface area contributed by atoms with E-state index in [1.165, 1.54) is 0 Å². The van der Waals surface area contributed by atoms with E-state index < -0.39 is 23.9 Å². The van der Waals surface area contributed by atoms with E-state index in [1.807, 2.05) is 84.9 Å². The molecule has 1 amide bonds. The van der Waals surface area contributed by atoms with Gasteiger partial charge in [0.2, 0.25) is 5.91 Å². The fourth-order valence-corrected chi connectivity index (χ4v) is 3.44. The third-order valence-electron chi connectivity index (χ3n) is 5.13. The number of rotatable bonds is 11. The van der Waals surface area contributed by atoms with Crippen molar-refractivity contribution in [2.45, 2.75) is 38.3 Å². The summed E-state index contributed by atoms with van der Waals surface area (Å²) in [6.07, 6.45) is 0.0149. The minimum atomic E-state index is -1.04. The summed E-state index contributed by atoms with van der Waals surface area (Å²) < 4.78 is 5.37. The molecule has 1 atom stereocenters. The molecule has 0 fully saturated rings. The summed E-state index contributed by atoms with van der Waals surface area (Å²) in [5.41, 5.74) is 4.01. The van der Waals surface area contributed by atoms with Crippen molar-refractivity contribution in [1.29, 1.82) is 0 Å². The van der Waals surface area contributed by atoms with Crippen LogP contribution in [0.5, 0.6) is 0 Å². The third-order valence-corrected chi connectivity index (χ3v) is 5.13. The number of nitrogens with one attached hydrogen (secondary N) is 1. The molecule has 3 aromatic rings. The molecule has 0 aliphatic carbocycles. The van der Waals surface area contributed by atoms with Gasteiger partial charge in [-0.3, -0.25) is 14.4 Å². The number of esters is 1. The SMILES string of the molecule is O=C(O)CCC(=O)N[C@@H](CC(=O)OCc1ccccc1)Cc1ccc(-c2ccccc2)cc1. The lowest BCUT2D eigenvalue weighted by Gasteiger charge is -2.18. The predicted octanol–water partition coefficient (Wildman–Crippen LogP) is 4.38. The number of carbonyl (C=O) groups is 3. The molecule has 0 saturated carbocycles. The summed E-state index contributed by atoms with van der Waals surface area (Å²) in [4.78, 5) is 35.4. The molecule has 2 N–H and O–H groups in total. The van der Waals surface area contributed by atoms with Crippen LogP contribution < -0.4 is 5.32 Å². The van der Waals surface area contributed by atoms with Gasteiger partial charge >= 0.3 is 11.9 Å². The zero-order chi connectivity index (χ0) is 23.5. The molecule has 0 aliphatic heterocycles. The zero-order valence-corrected chi connectivity index (χ0v) is 18.3. The number of benzene rings is 3. The van der Waals surface area contributed by atoms with Gasteiger partial charge in [-0.2, -0.15) is 0 Å². The van der Waals surface area contributed by atoms with Crippen LogP contribution in [0, 0.1) is 0 Å². The molecule has 0 radical (unpaired) electrons. The Morgan fingerprint density at radius 2 is 1.36 bits per heavy atom. The molecule has 0 aliphatic rings. The number of hydrogen-bond acceptors (Lipinski definition) is 4. The van der Waals surface area contributed by atoms with Gasteiger partial charge < -0.3 is 15.2 Å². The summed E-state index contributed by atoms with van der Waals surface area (Å²) in [5, 5.41) is 11.6. The molecule has 0 bridgehead atoms. The fraction of sp³-hybridized carbons (Fsp3) is 0.222. The average molecular weight is 446 g/mol. The van der Waals surface area contributed by atoms with E-state index in [9.17, 15) is 14.4 Å². The fourth-order valence-electron chi connectivity index (χ4n) is 3.44. The molecule has 0 spiro atoms. The predicted molar refractivity (Wildman–Crippen MR) is 125 cm³/mol. The smallest absolute Gasteiger partial charge is 0.308 e. The Bertz CT molecular complexity index is 1050. The largest absolute Gasteiger partial charge is 0.481 e. The molecular weight excluding hydrogens is 418 g/mol. The number of carboxylic acid groups (broad SMARTS) is 1. The quantitative estimate of drug-likeness (QED) is 0.427. The van der Waals surface area contributed by atoms with Crippen molar-refractivity contribution in [2.24, 2.45) is 0 Å². The second-order valence-corrected chi connectivity index (χ2v) is 7.78. The molecule has 0 unspecified atom stereocenters. The molecule has 3 aromatic carbocycles. The first-order valence-electron chi connectivity index (χ1n) is 10.8. The van der Waals surface area contributed by atoms with Gasteiger partial charge in [-0.1, -0.05) is 84.9 Å². The van der Waals surface area contributed by atoms with E-state index in [0.717, 1.165) is 22.3 Å². The van der Waals surface area contributed by atoms with Crippen molar-refractivity contribution < 1.29 is 24.2 Å². The van der Waals surface area contributed by atoms with E-state index in [4.69, 9.17) is 9.84 Å². The van der Waals surface area contributed by atoms with Gasteiger partial charge in [0.1, 0.15) is 6.61 Å². The van der Waals surface area contributed by atoms with Crippen molar-refractivity contribution in [1.82, 2.24) is 5.32 Å². The topological polar surface area (TPSA) is 92.7 Å². The second-order valence-electron chi connectivity index (χ2n) is 7.78. The number of ether oxygens (including phenoxy) is 1. The summed E-state index contributed by atoms with van der Waals surface area (Å²) in [6, 6.07) is 26.8. The zero-order valence-electron chi connectivity index (χ0n) is 18.3. The van der Waals surface area contributed by atoms with Crippen LogP contribution in [0.25, 0.3) is 11.1 Å². The number of aliphatic carboxylic acids is 1. The lowest BCUT2D eigenvalue weighted by atomic mass is 9.99. The van der Waals surface area contributed by atoms with Gasteiger partial charge in [-0.05, 0) is 28.7 Å². The van der Waals surface area contributed by atoms with E-state index in [0.29, 0.717) is 6.42 Å². The van der Waals surface area contributed by atoms with Gasteiger partial charge in [-0.15, -0.1) is 0 Å². The van der Waals surface area contributed by atoms with Crippen molar-refractivity contribution in [3.05, 3.63) is 96.1 Å². The molecule has 6 nitrogen and oxygen atoms in total. The lowest BCUT2D eigenvalue weighted by molar-refractivity contribution is -0.146. The maximum Gasteiger partial charge on any atom is 0.308 e. The Kier molecular flexibility index (Phi) is 8.77. The monoisotopic (exact) mass is 445 g/mol. The summed E-state index contributed by atoms with van der Waals surface area (Å²) in [6.45, 7) is 0.158. The highest BCUT2D eigenvalue weighted by molar-refractivity contribution is 5.81. The van der Waals surface area contributed by atoms with E-state index in [1.54, 1.807) is 0 Å². The van der Waals surface area contributed by atoms with Crippen LogP contribution in [-0.2, 0) is 32.1 Å². The van der Waals surface area contributed by atoms with Crippen LogP contribution in [0.1, 0.15) is 30.4 Å². The maximum absolute atomic E-state index is 12.4. The minimum Gasteiger partial charge on any atom is -0.481 e. The van der Waals surface area contributed by atoms with Crippen LogP contribution >= 0.6 is 0 Å². The van der Waals surface area contributed by atoms with Crippen LogP contribution in [-0.4, -0.2) is 29.0 Å². The van der Waals surface area contributed by atoms with E-state index >= 15 is 0 Å². The Morgan fingerprint density at radius 1 is 0.758 bits per heavy atom. The highest BCUT2D eigenvalue weighted by Crippen LogP contribution is 2.20. The third kappa shape index (κ3) is 8.26. The first kappa shape index (κ1) is 23.7. The van der Waals surface area contributed by atoms with Crippen LogP contribution in [0.4, 0.5) is 0 Å². The minimum absolute atomic E-state index is 0.00786. The molecule has 33 heavy (non-hydrogen) atoms. The highest BCUT2D eigenvalue weighted by Gasteiger charge is 2.19. The normalized spacial score (nSPS) is 11.4. The standard InChI is InChI=1S/C27H27NO5/c29-25(15-16-26(30)31)28-24(18-27(32)33-19-21-7-3-1-4-8-21)17-20-11-13-23(14-12-20)22-9-5-2-6-10-22/h1-14,24H,15-19H2,(H,28,29)(H,30,31)/t24-/m1/s1. The molecule has 0 saturated heterocycles. The van der Waals surface area contributed by atoms with Gasteiger partial charge in [0.25, 0.3) is 0 Å². The van der Waals surface area contributed by atoms with Crippen LogP contribution in [0.2, 0.25) is 0 Å². The first-order chi connectivity index (χ1) is 16.0. The Balaban J connectivity index is 1.63. The average Bonchev–Trinajstić information content (AvgIpc) is 2.83. The number of amides is 1. The van der Waals surface area contributed by atoms with Crippen molar-refractivity contribution in [3.8, 4) is 11.1 Å². The Hall–Kier alpha value is -3.93. The van der Waals surface area contributed by atoms with Gasteiger partial charge in [-0.25, -0.2) is 0 Å². The Labute approximate surface area is 193 Å². The second kappa shape index (κ2) is 12.2. The number of carbonyl (C=O) groups excluding carboxylic acids is 2.